The van der Waals surface area contributed by atoms with Crippen LogP contribution in [-0.4, -0.2) is 26.9 Å². The fourth-order valence-corrected chi connectivity index (χ4v) is 4.33. The lowest BCUT2D eigenvalue weighted by Gasteiger charge is -2.05. The Labute approximate surface area is 209 Å². The number of aromatic amines is 1. The zero-order valence-corrected chi connectivity index (χ0v) is 19.8. The summed E-state index contributed by atoms with van der Waals surface area (Å²) in [4.78, 5) is 8.73. The molecule has 5 nitrogen and oxygen atoms in total. The molecule has 0 amide bonds. The molecule has 0 aliphatic carbocycles. The minimum atomic E-state index is 0.754. The SMILES string of the molecule is COc1ccc(-c2cc(-c3nc(-c4ccccc4)c(-c4ccccc4)[nH]3)n(-c3ccccc3)n2)cc1. The number of hydrogen-bond donors (Lipinski definition) is 1. The lowest BCUT2D eigenvalue weighted by Crippen LogP contribution is -1.99. The second kappa shape index (κ2) is 9.39. The number of ether oxygens (including phenoxy) is 1. The molecule has 2 aromatic heterocycles. The highest BCUT2D eigenvalue weighted by atomic mass is 16.5. The molecular formula is C31H24N4O. The Hall–Kier alpha value is -4.90. The van der Waals surface area contributed by atoms with E-state index in [1.807, 2.05) is 95.7 Å². The third-order valence-electron chi connectivity index (χ3n) is 6.15. The van der Waals surface area contributed by atoms with Crippen LogP contribution in [-0.2, 0) is 0 Å². The Morgan fingerprint density at radius 3 is 1.92 bits per heavy atom. The van der Waals surface area contributed by atoms with Crippen molar-refractivity contribution < 1.29 is 4.74 Å². The summed E-state index contributed by atoms with van der Waals surface area (Å²) in [6, 6.07) is 40.7. The molecule has 0 aliphatic rings. The highest BCUT2D eigenvalue weighted by Gasteiger charge is 2.20. The first-order chi connectivity index (χ1) is 17.8. The van der Waals surface area contributed by atoms with E-state index in [0.717, 1.165) is 56.7 Å². The molecular weight excluding hydrogens is 444 g/mol. The fraction of sp³-hybridized carbons (Fsp3) is 0.0323. The first-order valence-electron chi connectivity index (χ1n) is 11.8. The van der Waals surface area contributed by atoms with Gasteiger partial charge in [-0.25, -0.2) is 9.67 Å². The van der Waals surface area contributed by atoms with Crippen molar-refractivity contribution in [1.82, 2.24) is 19.7 Å². The van der Waals surface area contributed by atoms with E-state index in [-0.39, 0.29) is 0 Å². The summed E-state index contributed by atoms with van der Waals surface area (Å²) in [5.74, 6) is 1.57. The van der Waals surface area contributed by atoms with Crippen molar-refractivity contribution in [1.29, 1.82) is 0 Å². The van der Waals surface area contributed by atoms with Gasteiger partial charge < -0.3 is 9.72 Å². The molecule has 36 heavy (non-hydrogen) atoms. The van der Waals surface area contributed by atoms with Gasteiger partial charge in [0.1, 0.15) is 11.4 Å². The average molecular weight is 469 g/mol. The number of rotatable bonds is 6. The van der Waals surface area contributed by atoms with Gasteiger partial charge in [-0.1, -0.05) is 78.9 Å². The van der Waals surface area contributed by atoms with Gasteiger partial charge in [0.05, 0.1) is 29.9 Å². The van der Waals surface area contributed by atoms with E-state index < -0.39 is 0 Å². The summed E-state index contributed by atoms with van der Waals surface area (Å²) in [5, 5.41) is 4.98. The van der Waals surface area contributed by atoms with Gasteiger partial charge in [0.15, 0.2) is 5.82 Å². The van der Waals surface area contributed by atoms with Crippen molar-refractivity contribution in [2.45, 2.75) is 0 Å². The summed E-state index contributed by atoms with van der Waals surface area (Å²) >= 11 is 0. The quantitative estimate of drug-likeness (QED) is 0.280. The van der Waals surface area contributed by atoms with E-state index >= 15 is 0 Å². The van der Waals surface area contributed by atoms with Gasteiger partial charge in [-0.2, -0.15) is 5.10 Å². The van der Waals surface area contributed by atoms with E-state index in [4.69, 9.17) is 14.8 Å². The lowest BCUT2D eigenvalue weighted by molar-refractivity contribution is 0.415. The predicted octanol–water partition coefficient (Wildman–Crippen LogP) is 7.27. The predicted molar refractivity (Wildman–Crippen MR) is 144 cm³/mol. The molecule has 0 spiro atoms. The van der Waals surface area contributed by atoms with Gasteiger partial charge in [-0.15, -0.1) is 0 Å². The van der Waals surface area contributed by atoms with Gasteiger partial charge >= 0.3 is 0 Å². The van der Waals surface area contributed by atoms with Gasteiger partial charge in [0, 0.05) is 16.7 Å². The van der Waals surface area contributed by atoms with E-state index in [1.165, 1.54) is 0 Å². The van der Waals surface area contributed by atoms with Crippen LogP contribution in [0.1, 0.15) is 0 Å². The van der Waals surface area contributed by atoms with Crippen molar-refractivity contribution in [2.24, 2.45) is 0 Å². The van der Waals surface area contributed by atoms with Crippen molar-refractivity contribution in [3.8, 4) is 56.7 Å². The molecule has 1 N–H and O–H groups in total. The normalized spacial score (nSPS) is 10.9. The minimum Gasteiger partial charge on any atom is -0.497 e. The van der Waals surface area contributed by atoms with Crippen molar-refractivity contribution in [2.75, 3.05) is 7.11 Å². The zero-order chi connectivity index (χ0) is 24.3. The van der Waals surface area contributed by atoms with Crippen LogP contribution < -0.4 is 4.74 Å². The highest BCUT2D eigenvalue weighted by Crippen LogP contribution is 2.35. The number of imidazole rings is 1. The lowest BCUT2D eigenvalue weighted by atomic mass is 10.1. The monoisotopic (exact) mass is 468 g/mol. The number of aromatic nitrogens is 4. The number of hydrogen-bond acceptors (Lipinski definition) is 3. The zero-order valence-electron chi connectivity index (χ0n) is 19.8. The molecule has 6 rings (SSSR count). The maximum absolute atomic E-state index is 5.33. The maximum atomic E-state index is 5.33. The Balaban J connectivity index is 1.55. The van der Waals surface area contributed by atoms with E-state index in [0.29, 0.717) is 0 Å². The molecule has 0 fully saturated rings. The van der Waals surface area contributed by atoms with E-state index in [1.54, 1.807) is 7.11 Å². The van der Waals surface area contributed by atoms with Crippen LogP contribution in [0.25, 0.3) is 51.0 Å². The molecule has 174 valence electrons. The molecule has 0 bridgehead atoms. The van der Waals surface area contributed by atoms with Gasteiger partial charge in [-0.3, -0.25) is 0 Å². The molecule has 0 saturated heterocycles. The highest BCUT2D eigenvalue weighted by molar-refractivity contribution is 5.81. The first kappa shape index (κ1) is 21.6. The topological polar surface area (TPSA) is 55.7 Å². The summed E-state index contributed by atoms with van der Waals surface area (Å²) in [7, 11) is 1.67. The number of nitrogens with one attached hydrogen (secondary N) is 1. The molecule has 5 heteroatoms. The van der Waals surface area contributed by atoms with Crippen LogP contribution in [0, 0.1) is 0 Å². The second-order valence-corrected chi connectivity index (χ2v) is 8.43. The van der Waals surface area contributed by atoms with Gasteiger partial charge in [-0.05, 0) is 42.5 Å². The molecule has 2 heterocycles. The molecule has 0 radical (unpaired) electrons. The molecule has 0 saturated carbocycles. The van der Waals surface area contributed by atoms with Crippen LogP contribution in [0.15, 0.2) is 121 Å². The Bertz CT molecular complexity index is 1530. The largest absolute Gasteiger partial charge is 0.497 e. The minimum absolute atomic E-state index is 0.754. The summed E-state index contributed by atoms with van der Waals surface area (Å²) in [6.45, 7) is 0. The third kappa shape index (κ3) is 4.07. The third-order valence-corrected chi connectivity index (χ3v) is 6.15. The molecule has 0 aliphatic heterocycles. The van der Waals surface area contributed by atoms with Crippen LogP contribution in [0.2, 0.25) is 0 Å². The Kier molecular flexibility index (Phi) is 5.64. The molecule has 0 atom stereocenters. The smallest absolute Gasteiger partial charge is 0.157 e. The average Bonchev–Trinajstić information content (AvgIpc) is 3.60. The summed E-state index contributed by atoms with van der Waals surface area (Å²) in [5.41, 5.74) is 7.72. The van der Waals surface area contributed by atoms with Crippen molar-refractivity contribution in [3.05, 3.63) is 121 Å². The number of nitrogens with zero attached hydrogens (tertiary/aromatic N) is 3. The van der Waals surface area contributed by atoms with E-state index in [9.17, 15) is 0 Å². The number of H-pyrrole nitrogens is 1. The molecule has 4 aromatic carbocycles. The standard InChI is InChI=1S/C31H24N4O/c1-36-26-19-17-22(18-20-26)27-21-28(35(34-27)25-15-9-4-10-16-25)31-32-29(23-11-5-2-6-12-23)30(33-31)24-13-7-3-8-14-24/h2-21H,1H3,(H,32,33). The number of para-hydroxylation sites is 1. The number of benzene rings is 4. The number of methoxy groups -OCH3 is 1. The van der Waals surface area contributed by atoms with Crippen LogP contribution in [0.4, 0.5) is 0 Å². The molecule has 6 aromatic rings. The van der Waals surface area contributed by atoms with Crippen molar-refractivity contribution in [3.63, 3.8) is 0 Å². The summed E-state index contributed by atoms with van der Waals surface area (Å²) < 4.78 is 7.28. The summed E-state index contributed by atoms with van der Waals surface area (Å²) in [6.07, 6.45) is 0. The van der Waals surface area contributed by atoms with Crippen LogP contribution >= 0.6 is 0 Å². The van der Waals surface area contributed by atoms with E-state index in [2.05, 4.69) is 35.3 Å². The van der Waals surface area contributed by atoms with Gasteiger partial charge in [0.2, 0.25) is 0 Å². The van der Waals surface area contributed by atoms with Crippen LogP contribution in [0.3, 0.4) is 0 Å². The van der Waals surface area contributed by atoms with Gasteiger partial charge in [0.25, 0.3) is 0 Å². The Morgan fingerprint density at radius 1 is 0.667 bits per heavy atom. The van der Waals surface area contributed by atoms with Crippen LogP contribution in [0.5, 0.6) is 5.75 Å². The second-order valence-electron chi connectivity index (χ2n) is 8.43. The maximum Gasteiger partial charge on any atom is 0.157 e. The van der Waals surface area contributed by atoms with Crippen molar-refractivity contribution >= 4 is 0 Å². The molecule has 0 unspecified atom stereocenters. The first-order valence-corrected chi connectivity index (χ1v) is 11.8. The Morgan fingerprint density at radius 2 is 1.28 bits per heavy atom. The fourth-order valence-electron chi connectivity index (χ4n) is 4.33.